The van der Waals surface area contributed by atoms with E-state index in [9.17, 15) is 4.79 Å². The van der Waals surface area contributed by atoms with Crippen LogP contribution in [0.5, 0.6) is 5.88 Å². The molecule has 0 saturated heterocycles. The van der Waals surface area contributed by atoms with E-state index >= 15 is 0 Å². The number of ether oxygens (including phenoxy) is 2. The van der Waals surface area contributed by atoms with E-state index in [1.54, 1.807) is 6.07 Å². The van der Waals surface area contributed by atoms with E-state index in [-0.39, 0.29) is 0 Å². The Balaban J connectivity index is 3.02. The molecule has 0 aliphatic rings. The Kier molecular flexibility index (Phi) is 3.47. The predicted octanol–water partition coefficient (Wildman–Crippen LogP) is 1.48. The highest BCUT2D eigenvalue weighted by atomic mass is 127. The first-order valence-corrected chi connectivity index (χ1v) is 4.54. The van der Waals surface area contributed by atoms with Gasteiger partial charge in [-0.15, -0.1) is 0 Å². The van der Waals surface area contributed by atoms with Crippen LogP contribution in [-0.4, -0.2) is 25.2 Å². The van der Waals surface area contributed by atoms with Gasteiger partial charge in [0.2, 0.25) is 5.88 Å². The van der Waals surface area contributed by atoms with E-state index in [1.165, 1.54) is 20.4 Å². The Morgan fingerprint density at radius 3 is 2.69 bits per heavy atom. The maximum atomic E-state index is 11.1. The summed E-state index contributed by atoms with van der Waals surface area (Å²) in [5.74, 6) is 0.112. The SMILES string of the molecule is COC(=O)c1cnc(OC)c(I)c1. The number of hydrogen-bond acceptors (Lipinski definition) is 4. The summed E-state index contributed by atoms with van der Waals surface area (Å²) in [5.41, 5.74) is 0.424. The lowest BCUT2D eigenvalue weighted by Crippen LogP contribution is -2.03. The zero-order valence-electron chi connectivity index (χ0n) is 7.20. The first kappa shape index (κ1) is 10.2. The van der Waals surface area contributed by atoms with Crippen LogP contribution in [0.1, 0.15) is 10.4 Å². The standard InChI is InChI=1S/C8H8INO3/c1-12-7-6(9)3-5(4-10-7)8(11)13-2/h3-4H,1-2H3. The molecule has 0 aliphatic carbocycles. The molecular weight excluding hydrogens is 285 g/mol. The largest absolute Gasteiger partial charge is 0.480 e. The summed E-state index contributed by atoms with van der Waals surface area (Å²) in [5, 5.41) is 0. The van der Waals surface area contributed by atoms with Crippen LogP contribution in [0.4, 0.5) is 0 Å². The third-order valence-corrected chi connectivity index (χ3v) is 2.19. The van der Waals surface area contributed by atoms with Gasteiger partial charge in [0.1, 0.15) is 0 Å². The predicted molar refractivity (Wildman–Crippen MR) is 54.8 cm³/mol. The second-order valence-electron chi connectivity index (χ2n) is 2.21. The molecule has 0 unspecified atom stereocenters. The summed E-state index contributed by atoms with van der Waals surface area (Å²) in [4.78, 5) is 15.0. The minimum atomic E-state index is -0.395. The maximum Gasteiger partial charge on any atom is 0.339 e. The average molecular weight is 293 g/mol. The van der Waals surface area contributed by atoms with Gasteiger partial charge in [-0.2, -0.15) is 0 Å². The van der Waals surface area contributed by atoms with Gasteiger partial charge >= 0.3 is 5.97 Å². The molecular formula is C8H8INO3. The first-order valence-electron chi connectivity index (χ1n) is 3.47. The van der Waals surface area contributed by atoms with Crippen LogP contribution in [0.25, 0.3) is 0 Å². The number of hydrogen-bond donors (Lipinski definition) is 0. The van der Waals surface area contributed by atoms with E-state index in [0.29, 0.717) is 11.4 Å². The highest BCUT2D eigenvalue weighted by Crippen LogP contribution is 2.18. The fraction of sp³-hybridized carbons (Fsp3) is 0.250. The molecule has 70 valence electrons. The molecule has 4 nitrogen and oxygen atoms in total. The van der Waals surface area contributed by atoms with Gasteiger partial charge in [0.05, 0.1) is 23.4 Å². The van der Waals surface area contributed by atoms with Crippen LogP contribution in [0.3, 0.4) is 0 Å². The molecule has 0 saturated carbocycles. The van der Waals surface area contributed by atoms with Crippen molar-refractivity contribution in [3.63, 3.8) is 0 Å². The fourth-order valence-electron chi connectivity index (χ4n) is 0.805. The zero-order valence-corrected chi connectivity index (χ0v) is 9.36. The number of methoxy groups -OCH3 is 2. The third-order valence-electron chi connectivity index (χ3n) is 1.42. The number of carbonyl (C=O) groups excluding carboxylic acids is 1. The Labute approximate surface area is 89.4 Å². The molecule has 0 radical (unpaired) electrons. The van der Waals surface area contributed by atoms with Crippen molar-refractivity contribution in [3.8, 4) is 5.88 Å². The molecule has 0 N–H and O–H groups in total. The second kappa shape index (κ2) is 4.40. The van der Waals surface area contributed by atoms with E-state index in [1.807, 2.05) is 22.6 Å². The lowest BCUT2D eigenvalue weighted by atomic mass is 10.3. The Morgan fingerprint density at radius 1 is 1.54 bits per heavy atom. The van der Waals surface area contributed by atoms with Crippen LogP contribution in [0.15, 0.2) is 12.3 Å². The lowest BCUT2D eigenvalue weighted by molar-refractivity contribution is 0.0600. The Morgan fingerprint density at radius 2 is 2.23 bits per heavy atom. The smallest absolute Gasteiger partial charge is 0.339 e. The van der Waals surface area contributed by atoms with Crippen molar-refractivity contribution < 1.29 is 14.3 Å². The van der Waals surface area contributed by atoms with Crippen LogP contribution >= 0.6 is 22.6 Å². The van der Waals surface area contributed by atoms with E-state index in [4.69, 9.17) is 4.74 Å². The Hall–Kier alpha value is -0.850. The molecule has 13 heavy (non-hydrogen) atoms. The van der Waals surface area contributed by atoms with Crippen molar-refractivity contribution in [2.75, 3.05) is 14.2 Å². The van der Waals surface area contributed by atoms with Crippen molar-refractivity contribution in [3.05, 3.63) is 21.4 Å². The maximum absolute atomic E-state index is 11.1. The fourth-order valence-corrected chi connectivity index (χ4v) is 1.50. The van der Waals surface area contributed by atoms with Crippen molar-refractivity contribution in [1.82, 2.24) is 4.98 Å². The van der Waals surface area contributed by atoms with Gasteiger partial charge in [0, 0.05) is 6.20 Å². The van der Waals surface area contributed by atoms with Crippen molar-refractivity contribution in [2.45, 2.75) is 0 Å². The number of nitrogens with zero attached hydrogens (tertiary/aromatic N) is 1. The van der Waals surface area contributed by atoms with Crippen molar-refractivity contribution >= 4 is 28.6 Å². The summed E-state index contributed by atoms with van der Waals surface area (Å²) in [6.07, 6.45) is 1.42. The molecule has 1 rings (SSSR count). The van der Waals surface area contributed by atoms with Crippen LogP contribution in [0.2, 0.25) is 0 Å². The summed E-state index contributed by atoms with van der Waals surface area (Å²) in [6, 6.07) is 1.66. The van der Waals surface area contributed by atoms with Crippen molar-refractivity contribution in [2.24, 2.45) is 0 Å². The van der Waals surface area contributed by atoms with Crippen LogP contribution in [-0.2, 0) is 4.74 Å². The summed E-state index contributed by atoms with van der Waals surface area (Å²) in [6.45, 7) is 0. The normalized spacial score (nSPS) is 9.46. The minimum absolute atomic E-state index is 0.395. The van der Waals surface area contributed by atoms with Gasteiger partial charge in [-0.1, -0.05) is 0 Å². The third kappa shape index (κ3) is 2.30. The van der Waals surface area contributed by atoms with Gasteiger partial charge < -0.3 is 9.47 Å². The Bertz CT molecular complexity index is 327. The number of carbonyl (C=O) groups is 1. The van der Waals surface area contributed by atoms with Gasteiger partial charge in [0.25, 0.3) is 0 Å². The highest BCUT2D eigenvalue weighted by Gasteiger charge is 2.09. The highest BCUT2D eigenvalue weighted by molar-refractivity contribution is 14.1. The first-order chi connectivity index (χ1) is 6.19. The number of aromatic nitrogens is 1. The molecule has 1 aromatic rings. The van der Waals surface area contributed by atoms with E-state index < -0.39 is 5.97 Å². The number of rotatable bonds is 2. The molecule has 0 fully saturated rings. The summed E-state index contributed by atoms with van der Waals surface area (Å²) >= 11 is 2.04. The van der Waals surface area contributed by atoms with Crippen molar-refractivity contribution in [1.29, 1.82) is 0 Å². The number of pyridine rings is 1. The topological polar surface area (TPSA) is 48.4 Å². The average Bonchev–Trinajstić information content (AvgIpc) is 2.16. The molecule has 0 bridgehead atoms. The summed E-state index contributed by atoms with van der Waals surface area (Å²) in [7, 11) is 2.86. The van der Waals surface area contributed by atoms with Crippen LogP contribution in [0, 0.1) is 3.57 Å². The molecule has 0 aromatic carbocycles. The van der Waals surface area contributed by atoms with Gasteiger partial charge in [-0.25, -0.2) is 9.78 Å². The van der Waals surface area contributed by atoms with Crippen LogP contribution < -0.4 is 4.74 Å². The lowest BCUT2D eigenvalue weighted by Gasteiger charge is -2.03. The monoisotopic (exact) mass is 293 g/mol. The molecule has 0 spiro atoms. The zero-order chi connectivity index (χ0) is 9.84. The van der Waals surface area contributed by atoms with E-state index in [2.05, 4.69) is 9.72 Å². The molecule has 0 atom stereocenters. The molecule has 0 aliphatic heterocycles. The number of halogens is 1. The van der Waals surface area contributed by atoms with Gasteiger partial charge in [-0.3, -0.25) is 0 Å². The van der Waals surface area contributed by atoms with Gasteiger partial charge in [-0.05, 0) is 28.7 Å². The molecule has 1 aromatic heterocycles. The number of esters is 1. The minimum Gasteiger partial charge on any atom is -0.480 e. The second-order valence-corrected chi connectivity index (χ2v) is 3.37. The van der Waals surface area contributed by atoms with Gasteiger partial charge in [0.15, 0.2) is 0 Å². The molecule has 1 heterocycles. The molecule has 0 amide bonds. The molecule has 5 heteroatoms. The van der Waals surface area contributed by atoms with E-state index in [0.717, 1.165) is 3.57 Å². The summed E-state index contributed by atoms with van der Waals surface area (Å²) < 4.78 is 10.3. The quantitative estimate of drug-likeness (QED) is 0.612.